The van der Waals surface area contributed by atoms with Gasteiger partial charge in [-0.1, -0.05) is 6.92 Å². The van der Waals surface area contributed by atoms with Gasteiger partial charge in [-0.15, -0.1) is 0 Å². The SMILES string of the molecule is CCc1nn(C)c(CC(NN)c2coc(C)c2)c1Br. The molecule has 19 heavy (non-hydrogen) atoms. The molecule has 104 valence electrons. The molecule has 1 atom stereocenters. The fraction of sp³-hybridized carbons (Fsp3) is 0.462. The molecule has 2 aromatic rings. The molecule has 5 nitrogen and oxygen atoms in total. The van der Waals surface area contributed by atoms with Gasteiger partial charge in [0.2, 0.25) is 0 Å². The molecular formula is C13H19BrN4O. The molecule has 0 amide bonds. The highest BCUT2D eigenvalue weighted by Crippen LogP contribution is 2.27. The van der Waals surface area contributed by atoms with Gasteiger partial charge in [0.05, 0.1) is 28.2 Å². The van der Waals surface area contributed by atoms with Crippen molar-refractivity contribution in [3.05, 3.63) is 39.5 Å². The van der Waals surface area contributed by atoms with Gasteiger partial charge in [-0.3, -0.25) is 16.0 Å². The minimum Gasteiger partial charge on any atom is -0.469 e. The lowest BCUT2D eigenvalue weighted by atomic mass is 10.1. The van der Waals surface area contributed by atoms with Crippen molar-refractivity contribution in [3.63, 3.8) is 0 Å². The van der Waals surface area contributed by atoms with Crippen LogP contribution in [0.4, 0.5) is 0 Å². The zero-order chi connectivity index (χ0) is 14.0. The zero-order valence-electron chi connectivity index (χ0n) is 11.4. The second-order valence-corrected chi connectivity index (χ2v) is 5.39. The number of hydrogen-bond donors (Lipinski definition) is 2. The maximum absolute atomic E-state index is 5.66. The normalized spacial score (nSPS) is 12.9. The molecule has 0 aliphatic rings. The van der Waals surface area contributed by atoms with Crippen molar-refractivity contribution in [2.75, 3.05) is 0 Å². The van der Waals surface area contributed by atoms with Crippen LogP contribution in [-0.2, 0) is 19.9 Å². The van der Waals surface area contributed by atoms with Crippen LogP contribution in [0.5, 0.6) is 0 Å². The lowest BCUT2D eigenvalue weighted by Crippen LogP contribution is -2.30. The molecule has 3 N–H and O–H groups in total. The maximum Gasteiger partial charge on any atom is 0.101 e. The summed E-state index contributed by atoms with van der Waals surface area (Å²) in [6, 6.07) is 2.00. The molecule has 0 bridgehead atoms. The Balaban J connectivity index is 2.26. The second kappa shape index (κ2) is 5.90. The molecule has 0 aromatic carbocycles. The Kier molecular flexibility index (Phi) is 4.44. The van der Waals surface area contributed by atoms with E-state index in [1.165, 1.54) is 0 Å². The predicted octanol–water partition coefficient (Wildman–Crippen LogP) is 2.39. The Morgan fingerprint density at radius 3 is 2.79 bits per heavy atom. The molecule has 0 spiro atoms. The van der Waals surface area contributed by atoms with Gasteiger partial charge in [0.15, 0.2) is 0 Å². The van der Waals surface area contributed by atoms with E-state index >= 15 is 0 Å². The van der Waals surface area contributed by atoms with Crippen LogP contribution in [0.15, 0.2) is 21.2 Å². The van der Waals surface area contributed by atoms with Crippen LogP contribution in [-0.4, -0.2) is 9.78 Å². The summed E-state index contributed by atoms with van der Waals surface area (Å²) in [5, 5.41) is 4.49. The van der Waals surface area contributed by atoms with Gasteiger partial charge in [-0.05, 0) is 35.3 Å². The summed E-state index contributed by atoms with van der Waals surface area (Å²) in [5.41, 5.74) is 6.08. The molecule has 2 heterocycles. The Morgan fingerprint density at radius 2 is 2.32 bits per heavy atom. The Hall–Kier alpha value is -1.11. The minimum absolute atomic E-state index is 0.00820. The number of nitrogens with zero attached hydrogens (tertiary/aromatic N) is 2. The van der Waals surface area contributed by atoms with Crippen molar-refractivity contribution >= 4 is 15.9 Å². The van der Waals surface area contributed by atoms with Crippen LogP contribution in [0.25, 0.3) is 0 Å². The van der Waals surface area contributed by atoms with Gasteiger partial charge in [0.25, 0.3) is 0 Å². The molecule has 2 aromatic heterocycles. The fourth-order valence-electron chi connectivity index (χ4n) is 2.15. The topological polar surface area (TPSA) is 69.0 Å². The summed E-state index contributed by atoms with van der Waals surface area (Å²) < 4.78 is 8.31. The first-order valence-corrected chi connectivity index (χ1v) is 7.07. The first-order valence-electron chi connectivity index (χ1n) is 6.28. The molecule has 6 heteroatoms. The van der Waals surface area contributed by atoms with Gasteiger partial charge >= 0.3 is 0 Å². The second-order valence-electron chi connectivity index (χ2n) is 4.60. The maximum atomic E-state index is 5.66. The molecule has 0 aliphatic heterocycles. The van der Waals surface area contributed by atoms with Gasteiger partial charge in [-0.2, -0.15) is 5.10 Å². The van der Waals surface area contributed by atoms with Gasteiger partial charge in [0, 0.05) is 19.0 Å². The van der Waals surface area contributed by atoms with E-state index in [9.17, 15) is 0 Å². The van der Waals surface area contributed by atoms with Crippen LogP contribution in [0, 0.1) is 6.92 Å². The first kappa shape index (κ1) is 14.3. The summed E-state index contributed by atoms with van der Waals surface area (Å²) in [7, 11) is 1.95. The van der Waals surface area contributed by atoms with Crippen LogP contribution in [0.2, 0.25) is 0 Å². The van der Waals surface area contributed by atoms with E-state index in [0.29, 0.717) is 0 Å². The number of hydrazine groups is 1. The lowest BCUT2D eigenvalue weighted by molar-refractivity contribution is 0.503. The number of hydrogen-bond acceptors (Lipinski definition) is 4. The zero-order valence-corrected chi connectivity index (χ0v) is 13.0. The van der Waals surface area contributed by atoms with Crippen molar-refractivity contribution < 1.29 is 4.42 Å². The van der Waals surface area contributed by atoms with E-state index < -0.39 is 0 Å². The quantitative estimate of drug-likeness (QED) is 0.654. The summed E-state index contributed by atoms with van der Waals surface area (Å²) >= 11 is 3.62. The van der Waals surface area contributed by atoms with Crippen LogP contribution in [0.3, 0.4) is 0 Å². The van der Waals surface area contributed by atoms with Crippen LogP contribution in [0.1, 0.15) is 35.7 Å². The highest BCUT2D eigenvalue weighted by molar-refractivity contribution is 9.10. The Bertz CT molecular complexity index is 561. The lowest BCUT2D eigenvalue weighted by Gasteiger charge is -2.14. The number of rotatable bonds is 5. The standard InChI is InChI=1S/C13H19BrN4O/c1-4-10-13(14)12(18(3)17-10)6-11(16-15)9-5-8(2)19-7-9/h5,7,11,16H,4,6,15H2,1-3H3. The van der Waals surface area contributed by atoms with Crippen molar-refractivity contribution in [1.82, 2.24) is 15.2 Å². The van der Waals surface area contributed by atoms with Gasteiger partial charge in [-0.25, -0.2) is 0 Å². The molecule has 0 radical (unpaired) electrons. The Morgan fingerprint density at radius 1 is 1.58 bits per heavy atom. The van der Waals surface area contributed by atoms with Crippen LogP contribution < -0.4 is 11.3 Å². The van der Waals surface area contributed by atoms with Gasteiger partial charge < -0.3 is 4.42 Å². The van der Waals surface area contributed by atoms with E-state index in [1.807, 2.05) is 24.7 Å². The third kappa shape index (κ3) is 2.91. The predicted molar refractivity (Wildman–Crippen MR) is 77.5 cm³/mol. The third-order valence-corrected chi connectivity index (χ3v) is 4.17. The smallest absolute Gasteiger partial charge is 0.101 e. The molecule has 0 aliphatic carbocycles. The average molecular weight is 327 g/mol. The van der Waals surface area contributed by atoms with E-state index in [1.54, 1.807) is 6.26 Å². The highest BCUT2D eigenvalue weighted by atomic mass is 79.9. The molecule has 2 rings (SSSR count). The monoisotopic (exact) mass is 326 g/mol. The highest BCUT2D eigenvalue weighted by Gasteiger charge is 2.19. The van der Waals surface area contributed by atoms with E-state index in [2.05, 4.69) is 33.4 Å². The van der Waals surface area contributed by atoms with E-state index in [-0.39, 0.29) is 6.04 Å². The number of halogens is 1. The minimum atomic E-state index is 0.00820. The third-order valence-electron chi connectivity index (χ3n) is 3.25. The van der Waals surface area contributed by atoms with E-state index in [0.717, 1.165) is 40.0 Å². The first-order chi connectivity index (χ1) is 9.06. The summed E-state index contributed by atoms with van der Waals surface area (Å²) in [5.74, 6) is 6.55. The van der Waals surface area contributed by atoms with E-state index in [4.69, 9.17) is 10.3 Å². The number of aromatic nitrogens is 2. The fourth-order valence-corrected chi connectivity index (χ4v) is 2.93. The molecule has 0 fully saturated rings. The van der Waals surface area contributed by atoms with Crippen molar-refractivity contribution in [3.8, 4) is 0 Å². The van der Waals surface area contributed by atoms with Gasteiger partial charge in [0.1, 0.15) is 5.76 Å². The largest absolute Gasteiger partial charge is 0.469 e. The van der Waals surface area contributed by atoms with Crippen LogP contribution >= 0.6 is 15.9 Å². The number of nitrogens with two attached hydrogens (primary N) is 1. The van der Waals surface area contributed by atoms with Crippen molar-refractivity contribution in [2.45, 2.75) is 32.7 Å². The average Bonchev–Trinajstić information content (AvgIpc) is 2.92. The summed E-state index contributed by atoms with van der Waals surface area (Å²) in [6.07, 6.45) is 3.39. The molecule has 1 unspecified atom stereocenters. The molecule has 0 saturated heterocycles. The summed E-state index contributed by atoms with van der Waals surface area (Å²) in [6.45, 7) is 4.02. The summed E-state index contributed by atoms with van der Waals surface area (Å²) in [4.78, 5) is 0. The number of aryl methyl sites for hydroxylation is 3. The van der Waals surface area contributed by atoms with Crippen molar-refractivity contribution in [2.24, 2.45) is 12.9 Å². The van der Waals surface area contributed by atoms with Crippen molar-refractivity contribution in [1.29, 1.82) is 0 Å². The number of nitrogens with one attached hydrogen (secondary N) is 1. The number of furan rings is 1. The molecular weight excluding hydrogens is 308 g/mol. The Labute approximate surface area is 121 Å². The molecule has 0 saturated carbocycles.